The van der Waals surface area contributed by atoms with Crippen molar-refractivity contribution in [2.24, 2.45) is 0 Å². The number of benzene rings is 1. The van der Waals surface area contributed by atoms with Gasteiger partial charge in [0.2, 0.25) is 0 Å². The van der Waals surface area contributed by atoms with Gasteiger partial charge < -0.3 is 9.42 Å². The van der Waals surface area contributed by atoms with E-state index in [2.05, 4.69) is 47.6 Å². The normalized spacial score (nSPS) is 13.6. The second kappa shape index (κ2) is 6.78. The standard InChI is InChI=1S/C14H23O3P.Na.H/c1-13(2,3)10-7-8-12(17-18(15)16)11(9-10)14(4,5)6;;/h7-9,18H,1-6H3,(H,15,16);;. The summed E-state index contributed by atoms with van der Waals surface area (Å²) in [5.41, 5.74) is 2.07. The van der Waals surface area contributed by atoms with E-state index in [1.807, 2.05) is 6.07 Å². The molecule has 0 saturated heterocycles. The van der Waals surface area contributed by atoms with Crippen LogP contribution in [0, 0.1) is 0 Å². The predicted molar refractivity (Wildman–Crippen MR) is 82.8 cm³/mol. The molecule has 104 valence electrons. The Hall–Kier alpha value is 0.210. The van der Waals surface area contributed by atoms with Crippen molar-refractivity contribution in [2.45, 2.75) is 52.4 Å². The molecule has 0 bridgehead atoms. The molecule has 1 unspecified atom stereocenters. The van der Waals surface area contributed by atoms with E-state index in [-0.39, 0.29) is 40.4 Å². The SMILES string of the molecule is CC(C)(C)c1ccc(O[PH](=O)O)c(C(C)(C)C)c1.[NaH]. The van der Waals surface area contributed by atoms with Gasteiger partial charge in [-0.1, -0.05) is 53.7 Å². The van der Waals surface area contributed by atoms with E-state index in [0.717, 1.165) is 5.56 Å². The predicted octanol–water partition coefficient (Wildman–Crippen LogP) is 3.39. The first kappa shape index (κ1) is 19.2. The van der Waals surface area contributed by atoms with E-state index >= 15 is 0 Å². The van der Waals surface area contributed by atoms with Gasteiger partial charge in [0, 0.05) is 5.56 Å². The first-order chi connectivity index (χ1) is 8.01. The Bertz CT molecular complexity index is 459. The van der Waals surface area contributed by atoms with Gasteiger partial charge >= 0.3 is 37.8 Å². The molecule has 0 aromatic heterocycles. The third-order valence-electron chi connectivity index (χ3n) is 2.85. The number of hydrogen-bond donors (Lipinski definition) is 1. The minimum atomic E-state index is -2.97. The summed E-state index contributed by atoms with van der Waals surface area (Å²) < 4.78 is 15.9. The first-order valence-electron chi connectivity index (χ1n) is 6.07. The summed E-state index contributed by atoms with van der Waals surface area (Å²) in [5, 5.41) is 0. The Balaban J connectivity index is 0.00000324. The molecule has 1 rings (SSSR count). The van der Waals surface area contributed by atoms with Crippen LogP contribution in [0.5, 0.6) is 5.75 Å². The first-order valence-corrected chi connectivity index (χ1v) is 7.34. The molecule has 3 nitrogen and oxygen atoms in total. The van der Waals surface area contributed by atoms with Crippen molar-refractivity contribution >= 4 is 37.8 Å². The third kappa shape index (κ3) is 5.61. The van der Waals surface area contributed by atoms with Gasteiger partial charge in [-0.05, 0) is 22.5 Å². The van der Waals surface area contributed by atoms with Crippen LogP contribution in [0.1, 0.15) is 52.7 Å². The molecule has 0 radical (unpaired) electrons. The van der Waals surface area contributed by atoms with E-state index in [4.69, 9.17) is 9.42 Å². The van der Waals surface area contributed by atoms with Crippen molar-refractivity contribution in [3.8, 4) is 5.75 Å². The van der Waals surface area contributed by atoms with E-state index in [9.17, 15) is 4.57 Å². The van der Waals surface area contributed by atoms with Crippen molar-refractivity contribution in [1.29, 1.82) is 0 Å². The van der Waals surface area contributed by atoms with Crippen molar-refractivity contribution in [1.82, 2.24) is 0 Å². The molecule has 1 atom stereocenters. The zero-order chi connectivity index (χ0) is 14.1. The molecule has 1 aromatic rings. The van der Waals surface area contributed by atoms with E-state index in [0.29, 0.717) is 5.75 Å². The Morgan fingerprint density at radius 1 is 1.05 bits per heavy atom. The summed E-state index contributed by atoms with van der Waals surface area (Å²) in [6, 6.07) is 5.81. The summed E-state index contributed by atoms with van der Waals surface area (Å²) in [6.45, 7) is 12.6. The fourth-order valence-electron chi connectivity index (χ4n) is 1.77. The van der Waals surface area contributed by atoms with Gasteiger partial charge in [0.05, 0.1) is 0 Å². The Morgan fingerprint density at radius 3 is 1.95 bits per heavy atom. The summed E-state index contributed by atoms with van der Waals surface area (Å²) >= 11 is 0. The molecule has 1 aromatic carbocycles. The van der Waals surface area contributed by atoms with Crippen LogP contribution < -0.4 is 4.52 Å². The average molecular weight is 294 g/mol. The monoisotopic (exact) mass is 294 g/mol. The van der Waals surface area contributed by atoms with Crippen molar-refractivity contribution in [2.75, 3.05) is 0 Å². The van der Waals surface area contributed by atoms with Crippen LogP contribution in [0.25, 0.3) is 0 Å². The molecule has 1 N–H and O–H groups in total. The van der Waals surface area contributed by atoms with E-state index < -0.39 is 8.25 Å². The van der Waals surface area contributed by atoms with Crippen LogP contribution in [0.4, 0.5) is 0 Å². The zero-order valence-electron chi connectivity index (χ0n) is 12.0. The molecule has 0 amide bonds. The summed E-state index contributed by atoms with van der Waals surface area (Å²) in [7, 11) is -2.97. The van der Waals surface area contributed by atoms with Crippen LogP contribution >= 0.6 is 8.25 Å². The van der Waals surface area contributed by atoms with Gasteiger partial charge in [0.1, 0.15) is 5.75 Å². The fourth-order valence-corrected chi connectivity index (χ4v) is 2.13. The molecular weight excluding hydrogens is 270 g/mol. The molecular formula is C14H24NaO3P. The molecule has 5 heteroatoms. The van der Waals surface area contributed by atoms with E-state index in [1.165, 1.54) is 5.56 Å². The molecule has 0 heterocycles. The molecule has 0 saturated carbocycles. The summed E-state index contributed by atoms with van der Waals surface area (Å²) in [6.07, 6.45) is 0. The van der Waals surface area contributed by atoms with Crippen LogP contribution in [0.15, 0.2) is 18.2 Å². The Labute approximate surface area is 139 Å². The molecule has 0 aliphatic carbocycles. The van der Waals surface area contributed by atoms with Gasteiger partial charge in [0.25, 0.3) is 0 Å². The molecule has 0 fully saturated rings. The van der Waals surface area contributed by atoms with Crippen LogP contribution in [-0.4, -0.2) is 34.5 Å². The summed E-state index contributed by atoms with van der Waals surface area (Å²) in [4.78, 5) is 8.95. The third-order valence-corrected chi connectivity index (χ3v) is 3.25. The van der Waals surface area contributed by atoms with Crippen LogP contribution in [0.3, 0.4) is 0 Å². The summed E-state index contributed by atoms with van der Waals surface area (Å²) in [5.74, 6) is 0.502. The molecule has 0 aliphatic heterocycles. The van der Waals surface area contributed by atoms with Gasteiger partial charge in [-0.15, -0.1) is 0 Å². The minimum absolute atomic E-state index is 0. The zero-order valence-corrected chi connectivity index (χ0v) is 13.0. The van der Waals surface area contributed by atoms with Crippen LogP contribution in [0.2, 0.25) is 0 Å². The van der Waals surface area contributed by atoms with Crippen molar-refractivity contribution in [3.05, 3.63) is 29.3 Å². The second-order valence-corrected chi connectivity index (χ2v) is 7.31. The second-order valence-electron chi connectivity index (χ2n) is 6.58. The molecule has 0 spiro atoms. The Kier molecular flexibility index (Phi) is 6.85. The van der Waals surface area contributed by atoms with Gasteiger partial charge in [-0.25, -0.2) is 4.57 Å². The van der Waals surface area contributed by atoms with E-state index in [1.54, 1.807) is 6.07 Å². The number of rotatable bonds is 2. The van der Waals surface area contributed by atoms with Crippen LogP contribution in [-0.2, 0) is 15.4 Å². The number of hydrogen-bond acceptors (Lipinski definition) is 2. The maximum atomic E-state index is 10.9. The van der Waals surface area contributed by atoms with Crippen molar-refractivity contribution in [3.63, 3.8) is 0 Å². The topological polar surface area (TPSA) is 46.5 Å². The van der Waals surface area contributed by atoms with Gasteiger partial charge in [0.15, 0.2) is 0 Å². The van der Waals surface area contributed by atoms with Gasteiger partial charge in [-0.2, -0.15) is 0 Å². The Morgan fingerprint density at radius 2 is 1.58 bits per heavy atom. The quantitative estimate of drug-likeness (QED) is 0.672. The molecule has 19 heavy (non-hydrogen) atoms. The van der Waals surface area contributed by atoms with Crippen molar-refractivity contribution < 1.29 is 14.0 Å². The average Bonchev–Trinajstić information content (AvgIpc) is 2.13. The fraction of sp³-hybridized carbons (Fsp3) is 0.571. The maximum absolute atomic E-state index is 10.9. The molecule has 0 aliphatic rings. The van der Waals surface area contributed by atoms with Gasteiger partial charge in [-0.3, -0.25) is 0 Å².